The van der Waals surface area contributed by atoms with Crippen molar-refractivity contribution in [2.75, 3.05) is 0 Å². The second-order valence-electron chi connectivity index (χ2n) is 3.10. The maximum Gasteiger partial charge on any atom is 0.126 e. The van der Waals surface area contributed by atoms with Gasteiger partial charge in [0.25, 0.3) is 0 Å². The van der Waals surface area contributed by atoms with Gasteiger partial charge in [-0.2, -0.15) is 0 Å². The van der Waals surface area contributed by atoms with Gasteiger partial charge in [-0.15, -0.1) is 0 Å². The van der Waals surface area contributed by atoms with Gasteiger partial charge in [-0.1, -0.05) is 18.2 Å². The molecule has 2 atom stereocenters. The Hall–Kier alpha value is -0.930. The van der Waals surface area contributed by atoms with E-state index in [1.54, 1.807) is 18.2 Å². The van der Waals surface area contributed by atoms with Gasteiger partial charge in [0.05, 0.1) is 12.2 Å². The van der Waals surface area contributed by atoms with Gasteiger partial charge in [0.2, 0.25) is 0 Å². The minimum absolute atomic E-state index is 0.143. The molecule has 1 aromatic rings. The maximum atomic E-state index is 13.0. The van der Waals surface area contributed by atoms with Crippen molar-refractivity contribution in [1.29, 1.82) is 0 Å². The van der Waals surface area contributed by atoms with Gasteiger partial charge in [0.15, 0.2) is 0 Å². The van der Waals surface area contributed by atoms with Crippen LogP contribution in [0.4, 0.5) is 4.39 Å². The molecule has 0 amide bonds. The molecule has 2 N–H and O–H groups in total. The Labute approximate surface area is 76.6 Å². The highest BCUT2D eigenvalue weighted by molar-refractivity contribution is 5.18. The van der Waals surface area contributed by atoms with Crippen molar-refractivity contribution in [3.8, 4) is 0 Å². The fourth-order valence-electron chi connectivity index (χ4n) is 1.06. The van der Waals surface area contributed by atoms with E-state index in [1.165, 1.54) is 13.0 Å². The highest BCUT2D eigenvalue weighted by atomic mass is 19.1. The Kier molecular flexibility index (Phi) is 3.39. The number of halogens is 1. The number of hydrogen-bond acceptors (Lipinski definition) is 2. The summed E-state index contributed by atoms with van der Waals surface area (Å²) in [4.78, 5) is 0. The number of benzene rings is 1. The topological polar surface area (TPSA) is 40.5 Å². The first-order valence-corrected chi connectivity index (χ1v) is 4.21. The zero-order valence-electron chi connectivity index (χ0n) is 7.44. The standard InChI is InChI=1S/C10H13FO2/c1-7(12)10(13)6-8-4-2-3-5-9(8)11/h2-5,7,10,12-13H,6H2,1H3. The maximum absolute atomic E-state index is 13.0. The van der Waals surface area contributed by atoms with Crippen molar-refractivity contribution in [2.45, 2.75) is 25.6 Å². The van der Waals surface area contributed by atoms with Crippen molar-refractivity contribution in [3.05, 3.63) is 35.6 Å². The third-order valence-electron chi connectivity index (χ3n) is 1.94. The van der Waals surface area contributed by atoms with Crippen LogP contribution in [0.1, 0.15) is 12.5 Å². The number of aliphatic hydroxyl groups is 2. The monoisotopic (exact) mass is 184 g/mol. The molecule has 0 aliphatic rings. The second-order valence-corrected chi connectivity index (χ2v) is 3.10. The minimum atomic E-state index is -0.906. The number of hydrogen-bond donors (Lipinski definition) is 2. The Bertz CT molecular complexity index is 273. The first-order chi connectivity index (χ1) is 6.11. The molecule has 72 valence electrons. The molecule has 2 nitrogen and oxygen atoms in total. The summed E-state index contributed by atoms with van der Waals surface area (Å²) in [6.07, 6.45) is -1.60. The molecule has 0 heterocycles. The molecule has 0 spiro atoms. The van der Waals surface area contributed by atoms with Crippen molar-refractivity contribution < 1.29 is 14.6 Å². The molecule has 2 unspecified atom stereocenters. The Morgan fingerprint density at radius 2 is 1.92 bits per heavy atom. The molecule has 0 aliphatic heterocycles. The van der Waals surface area contributed by atoms with Crippen LogP contribution in [0.5, 0.6) is 0 Å². The van der Waals surface area contributed by atoms with Crippen LogP contribution in [0.3, 0.4) is 0 Å². The van der Waals surface area contributed by atoms with Gasteiger partial charge < -0.3 is 10.2 Å². The highest BCUT2D eigenvalue weighted by Crippen LogP contribution is 2.10. The van der Waals surface area contributed by atoms with Gasteiger partial charge in [0.1, 0.15) is 5.82 Å². The van der Waals surface area contributed by atoms with E-state index >= 15 is 0 Å². The predicted molar refractivity (Wildman–Crippen MR) is 47.8 cm³/mol. The van der Waals surface area contributed by atoms with Gasteiger partial charge in [0, 0.05) is 6.42 Å². The molecule has 0 fully saturated rings. The minimum Gasteiger partial charge on any atom is -0.391 e. The fraction of sp³-hybridized carbons (Fsp3) is 0.400. The van der Waals surface area contributed by atoms with Crippen LogP contribution < -0.4 is 0 Å². The van der Waals surface area contributed by atoms with E-state index in [0.717, 1.165) is 0 Å². The van der Waals surface area contributed by atoms with Crippen LogP contribution in [0.2, 0.25) is 0 Å². The summed E-state index contributed by atoms with van der Waals surface area (Å²) in [6.45, 7) is 1.48. The lowest BCUT2D eigenvalue weighted by molar-refractivity contribution is 0.0315. The summed E-state index contributed by atoms with van der Waals surface area (Å²) >= 11 is 0. The first-order valence-electron chi connectivity index (χ1n) is 4.21. The van der Waals surface area contributed by atoms with Gasteiger partial charge in [-0.25, -0.2) is 4.39 Å². The Balaban J connectivity index is 2.69. The Morgan fingerprint density at radius 3 is 2.46 bits per heavy atom. The second kappa shape index (κ2) is 4.35. The fourth-order valence-corrected chi connectivity index (χ4v) is 1.06. The van der Waals surface area contributed by atoms with E-state index in [1.807, 2.05) is 0 Å². The third-order valence-corrected chi connectivity index (χ3v) is 1.94. The summed E-state index contributed by atoms with van der Waals surface area (Å²) in [6, 6.07) is 6.23. The molecule has 13 heavy (non-hydrogen) atoms. The van der Waals surface area contributed by atoms with Crippen LogP contribution in [0, 0.1) is 5.82 Å². The molecule has 0 bridgehead atoms. The van der Waals surface area contributed by atoms with Gasteiger partial charge in [-0.05, 0) is 18.6 Å². The van der Waals surface area contributed by atoms with Crippen LogP contribution in [-0.4, -0.2) is 22.4 Å². The van der Waals surface area contributed by atoms with Gasteiger partial charge >= 0.3 is 0 Å². The summed E-state index contributed by atoms with van der Waals surface area (Å²) < 4.78 is 13.0. The van der Waals surface area contributed by atoms with E-state index in [2.05, 4.69) is 0 Å². The number of aliphatic hydroxyl groups excluding tert-OH is 2. The molecule has 0 aliphatic carbocycles. The average Bonchev–Trinajstić information content (AvgIpc) is 2.08. The first kappa shape index (κ1) is 10.2. The van der Waals surface area contributed by atoms with Crippen molar-refractivity contribution in [1.82, 2.24) is 0 Å². The molecular weight excluding hydrogens is 171 g/mol. The molecule has 3 heteroatoms. The lowest BCUT2D eigenvalue weighted by Gasteiger charge is -2.13. The van der Waals surface area contributed by atoms with E-state index in [4.69, 9.17) is 5.11 Å². The molecular formula is C10H13FO2. The molecule has 0 radical (unpaired) electrons. The smallest absolute Gasteiger partial charge is 0.126 e. The van der Waals surface area contributed by atoms with Crippen LogP contribution in [0.25, 0.3) is 0 Å². The highest BCUT2D eigenvalue weighted by Gasteiger charge is 2.13. The summed E-state index contributed by atoms with van der Waals surface area (Å²) in [7, 11) is 0. The van der Waals surface area contributed by atoms with Crippen LogP contribution in [0.15, 0.2) is 24.3 Å². The number of rotatable bonds is 3. The zero-order chi connectivity index (χ0) is 9.84. The van der Waals surface area contributed by atoms with E-state index < -0.39 is 12.2 Å². The van der Waals surface area contributed by atoms with Crippen molar-refractivity contribution >= 4 is 0 Å². The lowest BCUT2D eigenvalue weighted by atomic mass is 10.0. The predicted octanol–water partition coefficient (Wildman–Crippen LogP) is 1.11. The van der Waals surface area contributed by atoms with E-state index in [-0.39, 0.29) is 12.2 Å². The van der Waals surface area contributed by atoms with Gasteiger partial charge in [-0.3, -0.25) is 0 Å². The molecule has 0 saturated heterocycles. The van der Waals surface area contributed by atoms with Crippen LogP contribution >= 0.6 is 0 Å². The van der Waals surface area contributed by atoms with E-state index in [9.17, 15) is 9.50 Å². The SMILES string of the molecule is CC(O)C(O)Cc1ccccc1F. The summed E-state index contributed by atoms with van der Waals surface area (Å²) in [5.41, 5.74) is 0.427. The van der Waals surface area contributed by atoms with Crippen LogP contribution in [-0.2, 0) is 6.42 Å². The van der Waals surface area contributed by atoms with E-state index in [0.29, 0.717) is 5.56 Å². The summed E-state index contributed by atoms with van der Waals surface area (Å²) in [5, 5.41) is 18.3. The quantitative estimate of drug-likeness (QED) is 0.738. The Morgan fingerprint density at radius 1 is 1.31 bits per heavy atom. The summed E-state index contributed by atoms with van der Waals surface area (Å²) in [5.74, 6) is -0.345. The molecule has 1 aromatic carbocycles. The molecule has 1 rings (SSSR count). The largest absolute Gasteiger partial charge is 0.391 e. The van der Waals surface area contributed by atoms with Crippen molar-refractivity contribution in [2.24, 2.45) is 0 Å². The molecule has 0 saturated carbocycles. The average molecular weight is 184 g/mol. The normalized spacial score (nSPS) is 15.4. The zero-order valence-corrected chi connectivity index (χ0v) is 7.44. The molecule has 0 aromatic heterocycles. The third kappa shape index (κ3) is 2.79. The lowest BCUT2D eigenvalue weighted by Crippen LogP contribution is -2.25. The van der Waals surface area contributed by atoms with Crippen molar-refractivity contribution in [3.63, 3.8) is 0 Å².